The van der Waals surface area contributed by atoms with Crippen LogP contribution in [-0.2, 0) is 9.53 Å². The van der Waals surface area contributed by atoms with Crippen LogP contribution in [0.4, 0.5) is 0 Å². The number of hydrogen-bond acceptors (Lipinski definition) is 2. The number of halogens is 1. The van der Waals surface area contributed by atoms with E-state index < -0.39 is 6.10 Å². The zero-order valence-electron chi connectivity index (χ0n) is 12.6. The molecule has 2 nitrogen and oxygen atoms in total. The van der Waals surface area contributed by atoms with Crippen LogP contribution in [0.25, 0.3) is 0 Å². The van der Waals surface area contributed by atoms with Crippen molar-refractivity contribution in [3.63, 3.8) is 0 Å². The normalized spacial score (nSPS) is 12.2. The second-order valence-corrected chi connectivity index (χ2v) is 5.72. The summed E-state index contributed by atoms with van der Waals surface area (Å²) in [5, 5.41) is 1.13. The van der Waals surface area contributed by atoms with E-state index in [4.69, 9.17) is 11.2 Å². The van der Waals surface area contributed by atoms with E-state index in [1.54, 1.807) is 6.08 Å². The number of hydrogen-bond donors (Lipinski definition) is 0. The SMILES string of the molecule is C#C[C@H](C=CCCCCCCCCCCBr)OC(C)=O. The molecular formula is C17H27BrO2. The van der Waals surface area contributed by atoms with Crippen LogP contribution >= 0.6 is 15.9 Å². The number of unbranched alkanes of at least 4 members (excludes halogenated alkanes) is 8. The molecule has 0 rings (SSSR count). The molecule has 0 unspecified atom stereocenters. The van der Waals surface area contributed by atoms with E-state index in [1.165, 1.54) is 58.3 Å². The average Bonchev–Trinajstić information content (AvgIpc) is 2.43. The number of alkyl halides is 1. The van der Waals surface area contributed by atoms with Crippen LogP contribution in [0.5, 0.6) is 0 Å². The monoisotopic (exact) mass is 342 g/mol. The third-order valence-electron chi connectivity index (χ3n) is 3.02. The third kappa shape index (κ3) is 13.7. The van der Waals surface area contributed by atoms with Crippen LogP contribution in [0.15, 0.2) is 12.2 Å². The molecule has 3 heteroatoms. The largest absolute Gasteiger partial charge is 0.445 e. The number of rotatable bonds is 12. The van der Waals surface area contributed by atoms with Gasteiger partial charge in [-0.3, -0.25) is 4.79 Å². The highest BCUT2D eigenvalue weighted by molar-refractivity contribution is 9.09. The van der Waals surface area contributed by atoms with Gasteiger partial charge in [-0.1, -0.05) is 66.5 Å². The minimum Gasteiger partial charge on any atom is -0.445 e. The molecule has 0 aromatic carbocycles. The molecule has 0 radical (unpaired) electrons. The van der Waals surface area contributed by atoms with Crippen LogP contribution in [0, 0.1) is 12.3 Å². The van der Waals surface area contributed by atoms with E-state index in [2.05, 4.69) is 21.9 Å². The summed E-state index contributed by atoms with van der Waals surface area (Å²) in [6.07, 6.45) is 20.0. The first-order valence-electron chi connectivity index (χ1n) is 7.56. The van der Waals surface area contributed by atoms with Crippen molar-refractivity contribution in [2.24, 2.45) is 0 Å². The molecule has 0 fully saturated rings. The predicted octanol–water partition coefficient (Wildman–Crippen LogP) is 5.01. The first-order chi connectivity index (χ1) is 9.70. The molecule has 0 aliphatic carbocycles. The number of allylic oxidation sites excluding steroid dienone is 1. The number of ether oxygens (including phenoxy) is 1. The second kappa shape index (κ2) is 14.7. The third-order valence-corrected chi connectivity index (χ3v) is 3.58. The molecule has 0 heterocycles. The van der Waals surface area contributed by atoms with Crippen molar-refractivity contribution in [3.8, 4) is 12.3 Å². The molecule has 0 aliphatic rings. The molecule has 114 valence electrons. The van der Waals surface area contributed by atoms with E-state index in [1.807, 2.05) is 6.08 Å². The fourth-order valence-corrected chi connectivity index (χ4v) is 2.34. The topological polar surface area (TPSA) is 26.3 Å². The summed E-state index contributed by atoms with van der Waals surface area (Å²) < 4.78 is 4.93. The summed E-state index contributed by atoms with van der Waals surface area (Å²) in [7, 11) is 0. The van der Waals surface area contributed by atoms with Crippen molar-refractivity contribution in [1.29, 1.82) is 0 Å². The Labute approximate surface area is 132 Å². The van der Waals surface area contributed by atoms with E-state index in [9.17, 15) is 4.79 Å². The maximum Gasteiger partial charge on any atom is 0.304 e. The fourth-order valence-electron chi connectivity index (χ4n) is 1.94. The second-order valence-electron chi connectivity index (χ2n) is 4.93. The van der Waals surface area contributed by atoms with Crippen LogP contribution in [0.3, 0.4) is 0 Å². The van der Waals surface area contributed by atoms with Gasteiger partial charge in [-0.05, 0) is 25.3 Å². The van der Waals surface area contributed by atoms with Gasteiger partial charge in [0.1, 0.15) is 0 Å². The van der Waals surface area contributed by atoms with Crippen molar-refractivity contribution in [3.05, 3.63) is 12.2 Å². The van der Waals surface area contributed by atoms with Crippen LogP contribution in [0.2, 0.25) is 0 Å². The van der Waals surface area contributed by atoms with Gasteiger partial charge < -0.3 is 4.74 Å². The molecule has 1 atom stereocenters. The lowest BCUT2D eigenvalue weighted by Gasteiger charge is -2.05. The quantitative estimate of drug-likeness (QED) is 0.164. The lowest BCUT2D eigenvalue weighted by Crippen LogP contribution is -2.10. The predicted molar refractivity (Wildman–Crippen MR) is 88.9 cm³/mol. The van der Waals surface area contributed by atoms with Crippen molar-refractivity contribution in [1.82, 2.24) is 0 Å². The minimum absolute atomic E-state index is 0.336. The number of carbonyl (C=O) groups excluding carboxylic acids is 1. The molecule has 0 amide bonds. The highest BCUT2D eigenvalue weighted by atomic mass is 79.9. The highest BCUT2D eigenvalue weighted by Gasteiger charge is 2.02. The van der Waals surface area contributed by atoms with Crippen molar-refractivity contribution in [2.75, 3.05) is 5.33 Å². The van der Waals surface area contributed by atoms with Gasteiger partial charge in [0.05, 0.1) is 0 Å². The van der Waals surface area contributed by atoms with Crippen LogP contribution in [0.1, 0.15) is 64.7 Å². The standard InChI is InChI=1S/C17H27BrO2/c1-3-17(20-16(2)19)14-12-10-8-6-4-5-7-9-11-13-15-18/h1,12,14,17H,4-11,13,15H2,2H3/t17-/m1/s1. The lowest BCUT2D eigenvalue weighted by molar-refractivity contribution is -0.142. The minimum atomic E-state index is -0.512. The van der Waals surface area contributed by atoms with Crippen LogP contribution < -0.4 is 0 Å². The fraction of sp³-hybridized carbons (Fsp3) is 0.706. The van der Waals surface area contributed by atoms with E-state index >= 15 is 0 Å². The molecule has 0 spiro atoms. The van der Waals surface area contributed by atoms with Gasteiger partial charge in [-0.2, -0.15) is 0 Å². The Hall–Kier alpha value is -0.750. The Morgan fingerprint density at radius 2 is 1.70 bits per heavy atom. The summed E-state index contributed by atoms with van der Waals surface area (Å²) in [5.74, 6) is 2.10. The van der Waals surface area contributed by atoms with Gasteiger partial charge in [-0.15, -0.1) is 6.42 Å². The van der Waals surface area contributed by atoms with Crippen LogP contribution in [-0.4, -0.2) is 17.4 Å². The average molecular weight is 343 g/mol. The number of esters is 1. The van der Waals surface area contributed by atoms with Gasteiger partial charge in [0.15, 0.2) is 6.10 Å². The van der Waals surface area contributed by atoms with Crippen molar-refractivity contribution in [2.45, 2.75) is 70.8 Å². The summed E-state index contributed by atoms with van der Waals surface area (Å²) in [6.45, 7) is 1.37. The molecule has 0 aromatic rings. The molecular weight excluding hydrogens is 316 g/mol. The van der Waals surface area contributed by atoms with E-state index in [0.717, 1.165) is 11.8 Å². The van der Waals surface area contributed by atoms with E-state index in [0.29, 0.717) is 0 Å². The highest BCUT2D eigenvalue weighted by Crippen LogP contribution is 2.10. The number of carbonyl (C=O) groups is 1. The lowest BCUT2D eigenvalue weighted by atomic mass is 10.1. The first kappa shape index (κ1) is 19.2. The smallest absolute Gasteiger partial charge is 0.304 e. The molecule has 0 saturated carbocycles. The molecule has 0 aliphatic heterocycles. The Kier molecular flexibility index (Phi) is 14.1. The Bertz CT molecular complexity index is 305. The first-order valence-corrected chi connectivity index (χ1v) is 8.68. The molecule has 0 bridgehead atoms. The Morgan fingerprint density at radius 1 is 1.15 bits per heavy atom. The van der Waals surface area contributed by atoms with Gasteiger partial charge in [-0.25, -0.2) is 0 Å². The number of terminal acetylenes is 1. The van der Waals surface area contributed by atoms with Crippen molar-refractivity contribution < 1.29 is 9.53 Å². The van der Waals surface area contributed by atoms with E-state index in [-0.39, 0.29) is 5.97 Å². The van der Waals surface area contributed by atoms with Crippen molar-refractivity contribution >= 4 is 21.9 Å². The van der Waals surface area contributed by atoms with Gasteiger partial charge in [0, 0.05) is 12.3 Å². The maximum atomic E-state index is 10.8. The van der Waals surface area contributed by atoms with Gasteiger partial charge in [0.2, 0.25) is 0 Å². The zero-order chi connectivity index (χ0) is 15.1. The molecule has 0 aromatic heterocycles. The molecule has 0 saturated heterocycles. The summed E-state index contributed by atoms with van der Waals surface area (Å²) in [5.41, 5.74) is 0. The maximum absolute atomic E-state index is 10.8. The van der Waals surface area contributed by atoms with Gasteiger partial charge >= 0.3 is 5.97 Å². The summed E-state index contributed by atoms with van der Waals surface area (Å²) >= 11 is 3.45. The Morgan fingerprint density at radius 3 is 2.20 bits per heavy atom. The molecule has 20 heavy (non-hydrogen) atoms. The Balaban J connectivity index is 3.38. The summed E-state index contributed by atoms with van der Waals surface area (Å²) in [4.78, 5) is 10.8. The zero-order valence-corrected chi connectivity index (χ0v) is 14.2. The summed E-state index contributed by atoms with van der Waals surface area (Å²) in [6, 6.07) is 0. The van der Waals surface area contributed by atoms with Gasteiger partial charge in [0.25, 0.3) is 0 Å². The molecule has 0 N–H and O–H groups in total.